The van der Waals surface area contributed by atoms with Gasteiger partial charge in [-0.1, -0.05) is 12.1 Å². The Morgan fingerprint density at radius 3 is 2.81 bits per heavy atom. The Morgan fingerprint density at radius 1 is 1.35 bits per heavy atom. The molecule has 7 heteroatoms. The minimum absolute atomic E-state index is 0.300. The van der Waals surface area contributed by atoms with Crippen molar-refractivity contribution in [3.63, 3.8) is 0 Å². The Kier molecular flexibility index (Phi) is 4.62. The molecule has 0 bridgehead atoms. The number of anilines is 1. The van der Waals surface area contributed by atoms with Crippen LogP contribution < -0.4 is 11.2 Å². The monoisotopic (exact) mass is 352 g/mol. The smallest absolute Gasteiger partial charge is 0.340 e. The second kappa shape index (κ2) is 6.87. The third-order valence-electron chi connectivity index (χ3n) is 4.17. The van der Waals surface area contributed by atoms with E-state index < -0.39 is 0 Å². The molecule has 0 unspecified atom stereocenters. The summed E-state index contributed by atoms with van der Waals surface area (Å²) in [5, 5.41) is 4.12. The van der Waals surface area contributed by atoms with Gasteiger partial charge in [-0.15, -0.1) is 0 Å². The molecule has 134 valence electrons. The molecule has 0 fully saturated rings. The summed E-state index contributed by atoms with van der Waals surface area (Å²) in [6.07, 6.45) is 1.69. The third kappa shape index (κ3) is 3.11. The number of benzene rings is 1. The summed E-state index contributed by atoms with van der Waals surface area (Å²) in [7, 11) is 0. The first-order chi connectivity index (χ1) is 12.4. The minimum atomic E-state index is -0.385. The van der Waals surface area contributed by atoms with Crippen molar-refractivity contribution in [3.8, 4) is 0 Å². The number of esters is 1. The van der Waals surface area contributed by atoms with Gasteiger partial charge < -0.3 is 15.5 Å². The standard InChI is InChI=1S/C19H20N4O3/c1-4-26-19(25)16-10(2)15(21-11(16)3)9-14-17(22-23-18(14)24)12-6-5-7-13(20)8-12/h5-9,21H,4,20H2,1-3H3,(H,23,24). The van der Waals surface area contributed by atoms with E-state index in [1.165, 1.54) is 0 Å². The summed E-state index contributed by atoms with van der Waals surface area (Å²) in [6.45, 7) is 5.67. The van der Waals surface area contributed by atoms with Crippen molar-refractivity contribution < 1.29 is 14.3 Å². The highest BCUT2D eigenvalue weighted by Crippen LogP contribution is 2.24. The first kappa shape index (κ1) is 17.5. The van der Waals surface area contributed by atoms with Crippen LogP contribution >= 0.6 is 0 Å². The molecular formula is C19H20N4O3. The normalized spacial score (nSPS) is 15.1. The van der Waals surface area contributed by atoms with Crippen molar-refractivity contribution in [2.45, 2.75) is 20.8 Å². The molecule has 3 rings (SSSR count). The molecule has 0 atom stereocenters. The van der Waals surface area contributed by atoms with Gasteiger partial charge in [-0.25, -0.2) is 10.2 Å². The van der Waals surface area contributed by atoms with Crippen LogP contribution in [0.3, 0.4) is 0 Å². The van der Waals surface area contributed by atoms with Crippen molar-refractivity contribution >= 4 is 29.4 Å². The highest BCUT2D eigenvalue weighted by Gasteiger charge is 2.26. The van der Waals surface area contributed by atoms with Crippen LogP contribution in [0, 0.1) is 13.8 Å². The molecular weight excluding hydrogens is 332 g/mol. The predicted molar refractivity (Wildman–Crippen MR) is 99.7 cm³/mol. The van der Waals surface area contributed by atoms with E-state index in [9.17, 15) is 9.59 Å². The number of amides is 1. The van der Waals surface area contributed by atoms with Crippen LogP contribution in [-0.2, 0) is 9.53 Å². The van der Waals surface area contributed by atoms with Crippen molar-refractivity contribution in [3.05, 3.63) is 57.9 Å². The predicted octanol–water partition coefficient (Wildman–Crippen LogP) is 2.31. The van der Waals surface area contributed by atoms with Crippen LogP contribution in [0.1, 0.15) is 39.8 Å². The van der Waals surface area contributed by atoms with Crippen LogP contribution in [-0.4, -0.2) is 29.2 Å². The number of nitrogens with two attached hydrogens (primary N) is 1. The molecule has 1 amide bonds. The number of aryl methyl sites for hydroxylation is 1. The number of rotatable bonds is 4. The lowest BCUT2D eigenvalue weighted by Gasteiger charge is -2.04. The van der Waals surface area contributed by atoms with Crippen molar-refractivity contribution in [2.75, 3.05) is 12.3 Å². The largest absolute Gasteiger partial charge is 0.462 e. The first-order valence-corrected chi connectivity index (χ1v) is 8.24. The van der Waals surface area contributed by atoms with Crippen LogP contribution in [0.2, 0.25) is 0 Å². The molecule has 2 aromatic rings. The molecule has 1 aliphatic heterocycles. The molecule has 1 aromatic carbocycles. The Labute approximate surface area is 150 Å². The zero-order valence-corrected chi connectivity index (χ0v) is 14.8. The lowest BCUT2D eigenvalue weighted by Crippen LogP contribution is -2.13. The maximum absolute atomic E-state index is 12.3. The number of carbonyl (C=O) groups is 2. The Balaban J connectivity index is 2.03. The van der Waals surface area contributed by atoms with Gasteiger partial charge in [-0.3, -0.25) is 4.79 Å². The summed E-state index contributed by atoms with van der Waals surface area (Å²) in [6, 6.07) is 7.15. The molecule has 0 saturated carbocycles. The van der Waals surface area contributed by atoms with Gasteiger partial charge in [0.25, 0.3) is 5.91 Å². The zero-order valence-electron chi connectivity index (χ0n) is 14.8. The van der Waals surface area contributed by atoms with E-state index in [4.69, 9.17) is 10.5 Å². The van der Waals surface area contributed by atoms with Gasteiger partial charge in [0.15, 0.2) is 0 Å². The van der Waals surface area contributed by atoms with E-state index in [1.54, 1.807) is 38.1 Å². The number of hydrazone groups is 1. The molecule has 4 N–H and O–H groups in total. The van der Waals surface area contributed by atoms with Crippen LogP contribution in [0.4, 0.5) is 5.69 Å². The zero-order chi connectivity index (χ0) is 18.8. The van der Waals surface area contributed by atoms with E-state index >= 15 is 0 Å². The van der Waals surface area contributed by atoms with Gasteiger partial charge in [0.1, 0.15) is 5.71 Å². The van der Waals surface area contributed by atoms with Crippen molar-refractivity contribution in [2.24, 2.45) is 5.10 Å². The molecule has 2 heterocycles. The number of H-pyrrole nitrogens is 1. The summed E-state index contributed by atoms with van der Waals surface area (Å²) < 4.78 is 5.10. The Hall–Kier alpha value is -3.35. The summed E-state index contributed by atoms with van der Waals surface area (Å²) >= 11 is 0. The van der Waals surface area contributed by atoms with E-state index in [-0.39, 0.29) is 11.9 Å². The van der Waals surface area contributed by atoms with Gasteiger partial charge >= 0.3 is 5.97 Å². The van der Waals surface area contributed by atoms with Crippen LogP contribution in [0.15, 0.2) is 34.9 Å². The van der Waals surface area contributed by atoms with Crippen molar-refractivity contribution in [1.82, 2.24) is 10.4 Å². The SMILES string of the molecule is CCOC(=O)c1c(C)[nH]c(C=C2C(=O)NN=C2c2cccc(N)c2)c1C. The van der Waals surface area contributed by atoms with Crippen molar-refractivity contribution in [1.29, 1.82) is 0 Å². The van der Waals surface area contributed by atoms with E-state index in [0.717, 1.165) is 11.1 Å². The minimum Gasteiger partial charge on any atom is -0.462 e. The fourth-order valence-corrected chi connectivity index (χ4v) is 2.95. The highest BCUT2D eigenvalue weighted by molar-refractivity contribution is 6.33. The first-order valence-electron chi connectivity index (χ1n) is 8.24. The van der Waals surface area contributed by atoms with Gasteiger partial charge in [0.2, 0.25) is 0 Å². The molecule has 0 aliphatic carbocycles. The molecule has 0 spiro atoms. The molecule has 7 nitrogen and oxygen atoms in total. The average molecular weight is 352 g/mol. The summed E-state index contributed by atoms with van der Waals surface area (Å²) in [4.78, 5) is 27.5. The average Bonchev–Trinajstić information content (AvgIpc) is 3.08. The number of aromatic amines is 1. The Bertz CT molecular complexity index is 954. The highest BCUT2D eigenvalue weighted by atomic mass is 16.5. The lowest BCUT2D eigenvalue weighted by molar-refractivity contribution is -0.116. The van der Waals surface area contributed by atoms with Gasteiger partial charge in [0.05, 0.1) is 17.7 Å². The number of hydrogen-bond acceptors (Lipinski definition) is 5. The third-order valence-corrected chi connectivity index (χ3v) is 4.17. The second-order valence-electron chi connectivity index (χ2n) is 5.97. The fraction of sp³-hybridized carbons (Fsp3) is 0.211. The Morgan fingerprint density at radius 2 is 2.12 bits per heavy atom. The summed E-state index contributed by atoms with van der Waals surface area (Å²) in [5.74, 6) is -0.698. The molecule has 0 saturated heterocycles. The quantitative estimate of drug-likeness (QED) is 0.445. The molecule has 1 aliphatic rings. The maximum Gasteiger partial charge on any atom is 0.340 e. The van der Waals surface area contributed by atoms with E-state index in [2.05, 4.69) is 15.5 Å². The topological polar surface area (TPSA) is 110 Å². The molecule has 26 heavy (non-hydrogen) atoms. The maximum atomic E-state index is 12.3. The fourth-order valence-electron chi connectivity index (χ4n) is 2.95. The summed E-state index contributed by atoms with van der Waals surface area (Å²) in [5.41, 5.74) is 13.1. The number of ether oxygens (including phenoxy) is 1. The van der Waals surface area contributed by atoms with Gasteiger partial charge in [0, 0.05) is 22.6 Å². The number of nitrogens with zero attached hydrogens (tertiary/aromatic N) is 1. The number of hydrogen-bond donors (Lipinski definition) is 3. The number of carbonyl (C=O) groups excluding carboxylic acids is 2. The van der Waals surface area contributed by atoms with Gasteiger partial charge in [-0.2, -0.15) is 5.10 Å². The molecule has 0 radical (unpaired) electrons. The number of nitrogens with one attached hydrogen (secondary N) is 2. The molecule has 1 aromatic heterocycles. The van der Waals surface area contributed by atoms with E-state index in [0.29, 0.717) is 40.5 Å². The van der Waals surface area contributed by atoms with Crippen LogP contribution in [0.25, 0.3) is 6.08 Å². The second-order valence-corrected chi connectivity index (χ2v) is 5.97. The number of nitrogen functional groups attached to an aromatic ring is 1. The van der Waals surface area contributed by atoms with E-state index in [1.807, 2.05) is 13.0 Å². The van der Waals surface area contributed by atoms with Gasteiger partial charge in [-0.05, 0) is 44.5 Å². The number of aromatic nitrogens is 1. The lowest BCUT2D eigenvalue weighted by atomic mass is 10.0. The van der Waals surface area contributed by atoms with Crippen LogP contribution in [0.5, 0.6) is 0 Å².